The number of ether oxygens (including phenoxy) is 2. The van der Waals surface area contributed by atoms with E-state index >= 15 is 0 Å². The molecule has 0 unspecified atom stereocenters. The Kier molecular flexibility index (Phi) is 6.39. The predicted molar refractivity (Wildman–Crippen MR) is 143 cm³/mol. The summed E-state index contributed by atoms with van der Waals surface area (Å²) in [5.74, 6) is 2.25. The standard InChI is InChI=1S/2C10H8NO.C9H7NO.Ga/c2*1-12-9-6-2-4-8-5-3-7-11-10(8)9;11-8-5-1-3-7-4-2-6-10-9(7)8;/h2*2-7H,1H2;1-6,11H;/q;;;+1/p-1. The maximum absolute atomic E-state index is 6.63. The molecule has 0 N–H and O–H groups in total. The van der Waals surface area contributed by atoms with Gasteiger partial charge in [0.15, 0.2) is 0 Å². The van der Waals surface area contributed by atoms with Gasteiger partial charge >= 0.3 is 214 Å². The van der Waals surface area contributed by atoms with E-state index in [0.29, 0.717) is 10.3 Å². The van der Waals surface area contributed by atoms with Crippen LogP contribution in [0.5, 0.6) is 17.2 Å². The van der Waals surface area contributed by atoms with E-state index in [-0.39, 0.29) is 0 Å². The zero-order valence-corrected chi connectivity index (χ0v) is 21.9. The maximum atomic E-state index is 6.63. The van der Waals surface area contributed by atoms with Crippen LogP contribution < -0.4 is 13.0 Å². The van der Waals surface area contributed by atoms with Crippen LogP contribution in [0.2, 0.25) is 0 Å². The molecule has 3 aromatic carbocycles. The van der Waals surface area contributed by atoms with Crippen molar-refractivity contribution >= 4 is 49.3 Å². The van der Waals surface area contributed by atoms with Crippen molar-refractivity contribution < 1.29 is 13.0 Å². The number of hydrogen-bond donors (Lipinski definition) is 0. The van der Waals surface area contributed by atoms with E-state index < -0.39 is 16.6 Å². The molecule has 0 saturated heterocycles. The molecule has 6 aromatic rings. The molecule has 3 heterocycles. The van der Waals surface area contributed by atoms with E-state index in [0.717, 1.165) is 50.0 Å². The van der Waals surface area contributed by atoms with Crippen molar-refractivity contribution in [2.45, 2.75) is 0 Å². The molecule has 6 rings (SSSR count). The molecule has 0 radical (unpaired) electrons. The van der Waals surface area contributed by atoms with Gasteiger partial charge < -0.3 is 0 Å². The van der Waals surface area contributed by atoms with Gasteiger partial charge in [0.2, 0.25) is 0 Å². The quantitative estimate of drug-likeness (QED) is 0.227. The number of fused-ring (bicyclic) bond motifs is 3. The Balaban J connectivity index is 1.28. The summed E-state index contributed by atoms with van der Waals surface area (Å²) < 4.78 is 19.3. The van der Waals surface area contributed by atoms with Crippen LogP contribution in [0.15, 0.2) is 110 Å². The third-order valence-electron chi connectivity index (χ3n) is 5.93. The summed E-state index contributed by atoms with van der Waals surface area (Å²) >= 11 is -2.70. The zero-order valence-electron chi connectivity index (χ0n) is 19.5. The van der Waals surface area contributed by atoms with E-state index in [4.69, 9.17) is 13.0 Å². The Morgan fingerprint density at radius 2 is 0.861 bits per heavy atom. The van der Waals surface area contributed by atoms with E-state index in [1.54, 1.807) is 18.6 Å². The summed E-state index contributed by atoms with van der Waals surface area (Å²) in [4.78, 5) is 13.6. The summed E-state index contributed by atoms with van der Waals surface area (Å²) in [7, 11) is 0. The number of benzene rings is 3. The van der Waals surface area contributed by atoms with Crippen LogP contribution in [0.4, 0.5) is 0 Å². The van der Waals surface area contributed by atoms with Gasteiger partial charge in [-0.05, 0) is 0 Å². The van der Waals surface area contributed by atoms with Gasteiger partial charge in [-0.3, -0.25) is 0 Å². The van der Waals surface area contributed by atoms with Crippen molar-refractivity contribution in [2.24, 2.45) is 0 Å². The van der Waals surface area contributed by atoms with Gasteiger partial charge in [-0.15, -0.1) is 0 Å². The molecule has 7 heteroatoms. The minimum absolute atomic E-state index is 0.449. The van der Waals surface area contributed by atoms with Gasteiger partial charge in [0.25, 0.3) is 0 Å². The summed E-state index contributed by atoms with van der Waals surface area (Å²) in [6.07, 6.45) is 5.35. The van der Waals surface area contributed by atoms with Gasteiger partial charge in [-0.2, -0.15) is 0 Å². The van der Waals surface area contributed by atoms with Crippen molar-refractivity contribution in [1.29, 1.82) is 0 Å². The van der Waals surface area contributed by atoms with Gasteiger partial charge in [0.1, 0.15) is 0 Å². The molecular weight excluding hydrogens is 508 g/mol. The number of pyridine rings is 3. The number of hydrogen-bond acceptors (Lipinski definition) is 6. The minimum atomic E-state index is -2.70. The van der Waals surface area contributed by atoms with Crippen molar-refractivity contribution in [1.82, 2.24) is 15.0 Å². The molecule has 0 saturated carbocycles. The van der Waals surface area contributed by atoms with E-state index in [1.165, 1.54) is 0 Å². The van der Waals surface area contributed by atoms with E-state index in [2.05, 4.69) is 15.0 Å². The molecule has 0 atom stereocenters. The second-order valence-electron chi connectivity index (χ2n) is 8.36. The Morgan fingerprint density at radius 1 is 0.472 bits per heavy atom. The van der Waals surface area contributed by atoms with Crippen LogP contribution in [0.1, 0.15) is 0 Å². The number of para-hydroxylation sites is 3. The summed E-state index contributed by atoms with van der Waals surface area (Å²) in [5, 5.41) is 4.01. The first-order valence-electron chi connectivity index (χ1n) is 11.8. The Hall–Kier alpha value is -4.07. The van der Waals surface area contributed by atoms with Crippen LogP contribution >= 0.6 is 0 Å². The fourth-order valence-corrected chi connectivity index (χ4v) is 7.39. The van der Waals surface area contributed by atoms with Crippen molar-refractivity contribution in [3.8, 4) is 17.2 Å². The van der Waals surface area contributed by atoms with Crippen LogP contribution in [0.25, 0.3) is 32.7 Å². The van der Waals surface area contributed by atoms with Gasteiger partial charge in [-0.25, -0.2) is 0 Å². The summed E-state index contributed by atoms with van der Waals surface area (Å²) in [6, 6.07) is 29.8. The SMILES string of the molecule is c1cnc2c(O[CH2][Ga]([CH2]Oc3cccc4cccnc34)[O]c3cccc4cccnc34)cccc2c1. The summed E-state index contributed by atoms with van der Waals surface area (Å²) in [5.41, 5.74) is 2.52. The van der Waals surface area contributed by atoms with Crippen molar-refractivity contribution in [3.63, 3.8) is 0 Å². The van der Waals surface area contributed by atoms with Crippen LogP contribution in [-0.4, -0.2) is 41.9 Å². The van der Waals surface area contributed by atoms with Gasteiger partial charge in [0.05, 0.1) is 0 Å². The number of nitrogens with zero attached hydrogens (tertiary/aromatic N) is 3. The second kappa shape index (κ2) is 10.3. The predicted octanol–water partition coefficient (Wildman–Crippen LogP) is 5.94. The molecule has 0 aliphatic rings. The zero-order chi connectivity index (χ0) is 24.2. The van der Waals surface area contributed by atoms with Gasteiger partial charge in [-0.1, -0.05) is 0 Å². The van der Waals surface area contributed by atoms with Gasteiger partial charge in [0, 0.05) is 0 Å². The third-order valence-corrected chi connectivity index (χ3v) is 9.42. The third kappa shape index (κ3) is 4.71. The van der Waals surface area contributed by atoms with Crippen molar-refractivity contribution in [3.05, 3.63) is 110 Å². The first kappa shape index (κ1) is 22.4. The molecule has 0 aliphatic carbocycles. The molecular formula is C29H22GaN3O3. The normalized spacial score (nSPS) is 11.0. The molecule has 0 bridgehead atoms. The molecule has 0 spiro atoms. The fraction of sp³-hybridized carbons (Fsp3) is 0.0690. The van der Waals surface area contributed by atoms with E-state index in [9.17, 15) is 0 Å². The number of aromatic nitrogens is 3. The van der Waals surface area contributed by atoms with Crippen molar-refractivity contribution in [2.75, 3.05) is 10.3 Å². The van der Waals surface area contributed by atoms with Crippen LogP contribution in [-0.2, 0) is 0 Å². The average molecular weight is 530 g/mol. The Labute approximate surface area is 214 Å². The first-order chi connectivity index (χ1) is 17.8. The topological polar surface area (TPSA) is 66.4 Å². The Bertz CT molecular complexity index is 1560. The summed E-state index contributed by atoms with van der Waals surface area (Å²) in [6.45, 7) is 0. The number of rotatable bonds is 8. The molecule has 174 valence electrons. The van der Waals surface area contributed by atoms with Crippen LogP contribution in [0.3, 0.4) is 0 Å². The molecule has 0 fully saturated rings. The molecule has 36 heavy (non-hydrogen) atoms. The second-order valence-corrected chi connectivity index (χ2v) is 12.9. The Morgan fingerprint density at radius 3 is 1.33 bits per heavy atom. The first-order valence-corrected chi connectivity index (χ1v) is 16.2. The average Bonchev–Trinajstić information content (AvgIpc) is 2.94. The fourth-order valence-electron chi connectivity index (χ4n) is 4.22. The van der Waals surface area contributed by atoms with Crippen LogP contribution in [0, 0.1) is 0 Å². The molecule has 0 aliphatic heterocycles. The molecule has 6 nitrogen and oxygen atoms in total. The molecule has 3 aromatic heterocycles. The monoisotopic (exact) mass is 529 g/mol. The van der Waals surface area contributed by atoms with E-state index in [1.807, 2.05) is 91.0 Å². The molecule has 0 amide bonds.